The Hall–Kier alpha value is -0.840. The van der Waals surface area contributed by atoms with Crippen LogP contribution in [0.3, 0.4) is 0 Å². The Morgan fingerprint density at radius 3 is 3.00 bits per heavy atom. The fourth-order valence-corrected chi connectivity index (χ4v) is 1.64. The van der Waals surface area contributed by atoms with Crippen LogP contribution in [0, 0.1) is 0 Å². The van der Waals surface area contributed by atoms with Crippen molar-refractivity contribution in [2.24, 2.45) is 0 Å². The van der Waals surface area contributed by atoms with Gasteiger partial charge in [0.25, 0.3) is 0 Å². The fraction of sp³-hybridized carbons (Fsp3) is 0.556. The van der Waals surface area contributed by atoms with Gasteiger partial charge in [0.1, 0.15) is 12.2 Å². The largest absolute Gasteiger partial charge is 0.394 e. The van der Waals surface area contributed by atoms with E-state index in [4.69, 9.17) is 9.84 Å². The summed E-state index contributed by atoms with van der Waals surface area (Å²) in [5, 5.41) is 18.3. The third-order valence-electron chi connectivity index (χ3n) is 2.37. The Morgan fingerprint density at radius 1 is 1.62 bits per heavy atom. The molecule has 4 heteroatoms. The average molecular weight is 183 g/mol. The molecule has 0 unspecified atom stereocenters. The molecule has 2 heterocycles. The highest BCUT2D eigenvalue weighted by molar-refractivity contribution is 5.09. The lowest BCUT2D eigenvalue weighted by molar-refractivity contribution is -0.0234. The second kappa shape index (κ2) is 3.49. The minimum atomic E-state index is -0.557. The molecule has 3 N–H and O–H groups in total. The van der Waals surface area contributed by atoms with E-state index in [1.165, 1.54) is 0 Å². The molecule has 2 rings (SSSR count). The highest BCUT2D eigenvalue weighted by atomic mass is 16.5. The van der Waals surface area contributed by atoms with Crippen molar-refractivity contribution in [3.8, 4) is 0 Å². The Morgan fingerprint density at radius 2 is 2.46 bits per heavy atom. The highest BCUT2D eigenvalue weighted by Crippen LogP contribution is 2.31. The van der Waals surface area contributed by atoms with Crippen molar-refractivity contribution in [1.29, 1.82) is 0 Å². The Balaban J connectivity index is 2.05. The zero-order valence-corrected chi connectivity index (χ0v) is 7.18. The van der Waals surface area contributed by atoms with Gasteiger partial charge in [-0.15, -0.1) is 0 Å². The van der Waals surface area contributed by atoms with E-state index in [-0.39, 0.29) is 12.7 Å². The van der Waals surface area contributed by atoms with Gasteiger partial charge in [-0.1, -0.05) is 0 Å². The van der Waals surface area contributed by atoms with Crippen LogP contribution in [-0.2, 0) is 4.74 Å². The molecule has 72 valence electrons. The van der Waals surface area contributed by atoms with E-state index in [2.05, 4.69) is 4.98 Å². The fourth-order valence-electron chi connectivity index (χ4n) is 1.64. The van der Waals surface area contributed by atoms with Crippen LogP contribution in [0.5, 0.6) is 0 Å². The molecule has 1 fully saturated rings. The van der Waals surface area contributed by atoms with Crippen LogP contribution in [0.1, 0.15) is 18.2 Å². The van der Waals surface area contributed by atoms with Crippen LogP contribution < -0.4 is 0 Å². The summed E-state index contributed by atoms with van der Waals surface area (Å²) < 4.78 is 5.44. The summed E-state index contributed by atoms with van der Waals surface area (Å²) in [6.07, 6.45) is 1.26. The second-order valence-electron chi connectivity index (χ2n) is 3.27. The standard InChI is InChI=1S/C9H13NO3/c11-5-9-7(12)4-8(13-9)6-2-1-3-10-6/h1-3,7-12H,4-5H2/t7-,8+,9+/m0/s1. The van der Waals surface area contributed by atoms with Crippen LogP contribution in [-0.4, -0.2) is 34.0 Å². The number of H-pyrrole nitrogens is 1. The van der Waals surface area contributed by atoms with E-state index in [0.717, 1.165) is 5.69 Å². The maximum absolute atomic E-state index is 9.46. The van der Waals surface area contributed by atoms with Crippen LogP contribution in [0.15, 0.2) is 18.3 Å². The molecule has 0 saturated carbocycles. The van der Waals surface area contributed by atoms with Gasteiger partial charge < -0.3 is 19.9 Å². The molecule has 4 nitrogen and oxygen atoms in total. The molecule has 0 aromatic carbocycles. The number of nitrogens with one attached hydrogen (secondary N) is 1. The maximum Gasteiger partial charge on any atom is 0.107 e. The number of aromatic amines is 1. The number of aliphatic hydroxyl groups excluding tert-OH is 2. The molecule has 0 spiro atoms. The van der Waals surface area contributed by atoms with E-state index in [1.54, 1.807) is 0 Å². The van der Waals surface area contributed by atoms with Crippen molar-refractivity contribution in [1.82, 2.24) is 4.98 Å². The third-order valence-corrected chi connectivity index (χ3v) is 2.37. The van der Waals surface area contributed by atoms with Gasteiger partial charge in [-0.2, -0.15) is 0 Å². The third kappa shape index (κ3) is 1.60. The Bertz CT molecular complexity index is 260. The first kappa shape index (κ1) is 8.74. The molecule has 0 radical (unpaired) electrons. The van der Waals surface area contributed by atoms with Crippen molar-refractivity contribution < 1.29 is 14.9 Å². The second-order valence-corrected chi connectivity index (χ2v) is 3.27. The van der Waals surface area contributed by atoms with Gasteiger partial charge in [-0.3, -0.25) is 0 Å². The first-order valence-corrected chi connectivity index (χ1v) is 4.39. The first-order valence-electron chi connectivity index (χ1n) is 4.39. The molecule has 13 heavy (non-hydrogen) atoms. The molecular weight excluding hydrogens is 170 g/mol. The zero-order chi connectivity index (χ0) is 9.26. The number of rotatable bonds is 2. The van der Waals surface area contributed by atoms with E-state index in [0.29, 0.717) is 6.42 Å². The topological polar surface area (TPSA) is 65.5 Å². The summed E-state index contributed by atoms with van der Waals surface area (Å²) in [5.41, 5.74) is 0.954. The van der Waals surface area contributed by atoms with E-state index >= 15 is 0 Å². The van der Waals surface area contributed by atoms with Crippen LogP contribution in [0.4, 0.5) is 0 Å². The molecule has 0 amide bonds. The lowest BCUT2D eigenvalue weighted by Gasteiger charge is -2.10. The van der Waals surface area contributed by atoms with E-state index < -0.39 is 12.2 Å². The maximum atomic E-state index is 9.46. The Labute approximate surface area is 76.2 Å². The summed E-state index contributed by atoms with van der Waals surface area (Å²) in [6.45, 7) is -0.127. The first-order chi connectivity index (χ1) is 6.31. The number of aromatic nitrogens is 1. The summed E-state index contributed by atoms with van der Waals surface area (Å²) in [7, 11) is 0. The molecule has 1 aliphatic heterocycles. The summed E-state index contributed by atoms with van der Waals surface area (Å²) in [5.74, 6) is 0. The number of ether oxygens (including phenoxy) is 1. The lowest BCUT2D eigenvalue weighted by Crippen LogP contribution is -2.24. The summed E-state index contributed by atoms with van der Waals surface area (Å²) in [6, 6.07) is 3.80. The van der Waals surface area contributed by atoms with Gasteiger partial charge in [-0.05, 0) is 12.1 Å². The molecular formula is C9H13NO3. The van der Waals surface area contributed by atoms with E-state index in [1.807, 2.05) is 18.3 Å². The van der Waals surface area contributed by atoms with Gasteiger partial charge in [0.15, 0.2) is 0 Å². The van der Waals surface area contributed by atoms with Crippen molar-refractivity contribution in [2.45, 2.75) is 24.7 Å². The summed E-state index contributed by atoms with van der Waals surface area (Å²) in [4.78, 5) is 3.03. The molecule has 1 aliphatic rings. The monoisotopic (exact) mass is 183 g/mol. The molecule has 3 atom stereocenters. The molecule has 0 aliphatic carbocycles. The predicted molar refractivity (Wildman–Crippen MR) is 46.1 cm³/mol. The lowest BCUT2D eigenvalue weighted by atomic mass is 10.1. The zero-order valence-electron chi connectivity index (χ0n) is 7.18. The Kier molecular flexibility index (Phi) is 2.35. The minimum Gasteiger partial charge on any atom is -0.394 e. The van der Waals surface area contributed by atoms with Gasteiger partial charge in [0, 0.05) is 18.3 Å². The van der Waals surface area contributed by atoms with Gasteiger partial charge in [0.2, 0.25) is 0 Å². The summed E-state index contributed by atoms with van der Waals surface area (Å²) >= 11 is 0. The average Bonchev–Trinajstić information content (AvgIpc) is 2.71. The quantitative estimate of drug-likeness (QED) is 0.613. The van der Waals surface area contributed by atoms with Gasteiger partial charge in [0.05, 0.1) is 12.7 Å². The normalized spacial score (nSPS) is 33.8. The number of hydrogen-bond acceptors (Lipinski definition) is 3. The van der Waals surface area contributed by atoms with Crippen LogP contribution in [0.25, 0.3) is 0 Å². The van der Waals surface area contributed by atoms with Crippen LogP contribution >= 0.6 is 0 Å². The minimum absolute atomic E-state index is 0.109. The van der Waals surface area contributed by atoms with Crippen molar-refractivity contribution in [3.63, 3.8) is 0 Å². The SMILES string of the molecule is OC[C@H]1O[C@@H](c2ccc[nH]2)C[C@@H]1O. The number of aliphatic hydroxyl groups is 2. The van der Waals surface area contributed by atoms with Gasteiger partial charge in [-0.25, -0.2) is 0 Å². The van der Waals surface area contributed by atoms with Crippen molar-refractivity contribution in [3.05, 3.63) is 24.0 Å². The van der Waals surface area contributed by atoms with Gasteiger partial charge >= 0.3 is 0 Å². The van der Waals surface area contributed by atoms with Crippen LogP contribution in [0.2, 0.25) is 0 Å². The molecule has 1 saturated heterocycles. The molecule has 1 aromatic rings. The smallest absolute Gasteiger partial charge is 0.107 e. The molecule has 0 bridgehead atoms. The van der Waals surface area contributed by atoms with E-state index in [9.17, 15) is 5.11 Å². The molecule has 1 aromatic heterocycles. The predicted octanol–water partition coefficient (Wildman–Crippen LogP) is 0.198. The number of hydrogen-bond donors (Lipinski definition) is 3. The highest BCUT2D eigenvalue weighted by Gasteiger charge is 2.34. The van der Waals surface area contributed by atoms with Crippen molar-refractivity contribution >= 4 is 0 Å². The van der Waals surface area contributed by atoms with Crippen molar-refractivity contribution in [2.75, 3.05) is 6.61 Å².